The molecule has 0 spiro atoms. The van der Waals surface area contributed by atoms with Crippen LogP contribution in [0.4, 0.5) is 5.69 Å². The van der Waals surface area contributed by atoms with Gasteiger partial charge in [-0.2, -0.15) is 0 Å². The molecule has 1 fully saturated rings. The Morgan fingerprint density at radius 2 is 1.78 bits per heavy atom. The van der Waals surface area contributed by atoms with Crippen LogP contribution in [0.25, 0.3) is 11.3 Å². The summed E-state index contributed by atoms with van der Waals surface area (Å²) >= 11 is 18.4. The summed E-state index contributed by atoms with van der Waals surface area (Å²) in [6.45, 7) is 2.06. The molecule has 4 aromatic rings. The van der Waals surface area contributed by atoms with Gasteiger partial charge in [0.1, 0.15) is 17.6 Å². The number of anilines is 1. The Morgan fingerprint density at radius 1 is 0.969 bits per heavy atom. The van der Waals surface area contributed by atoms with Gasteiger partial charge in [0.25, 0.3) is 0 Å². The standard InChI is InChI=1S/C25H19Cl2N3OS/c1-15-8-10-16(11-9-15)30-24(23(29-25(30)32)19-7-2-3-14-28-19)21-13-12-20(31-21)17-5-4-6-18(26)22(17)27/h2-14,23-24H,1H3,(H,29,32)/t23-,24-/m1/s1. The molecular weight excluding hydrogens is 461 g/mol. The lowest BCUT2D eigenvalue weighted by molar-refractivity contribution is 0.439. The molecule has 1 aliphatic rings. The Hall–Kier alpha value is -2.86. The zero-order valence-electron chi connectivity index (χ0n) is 17.1. The number of rotatable bonds is 4. The Morgan fingerprint density at radius 3 is 2.53 bits per heavy atom. The zero-order valence-corrected chi connectivity index (χ0v) is 19.5. The zero-order chi connectivity index (χ0) is 22.2. The minimum absolute atomic E-state index is 0.182. The van der Waals surface area contributed by atoms with E-state index in [-0.39, 0.29) is 12.1 Å². The van der Waals surface area contributed by atoms with Gasteiger partial charge in [-0.15, -0.1) is 0 Å². The van der Waals surface area contributed by atoms with Crippen molar-refractivity contribution in [2.24, 2.45) is 0 Å². The maximum Gasteiger partial charge on any atom is 0.174 e. The van der Waals surface area contributed by atoms with E-state index in [1.54, 1.807) is 12.3 Å². The molecule has 0 aliphatic carbocycles. The number of furan rings is 1. The number of halogens is 2. The monoisotopic (exact) mass is 479 g/mol. The number of nitrogens with zero attached hydrogens (tertiary/aromatic N) is 2. The van der Waals surface area contributed by atoms with Gasteiger partial charge in [-0.1, -0.05) is 53.0 Å². The molecule has 1 N–H and O–H groups in total. The fourth-order valence-corrected chi connectivity index (χ4v) is 4.72. The Kier molecular flexibility index (Phi) is 5.64. The van der Waals surface area contributed by atoms with E-state index in [0.29, 0.717) is 20.9 Å². The summed E-state index contributed by atoms with van der Waals surface area (Å²) in [5.74, 6) is 1.40. The second kappa shape index (κ2) is 8.58. The smallest absolute Gasteiger partial charge is 0.174 e. The molecule has 7 heteroatoms. The fourth-order valence-electron chi connectivity index (χ4n) is 3.98. The Bertz CT molecular complexity index is 1270. The number of thiocarbonyl (C=S) groups is 1. The normalized spacial score (nSPS) is 18.1. The van der Waals surface area contributed by atoms with E-state index in [1.165, 1.54) is 5.56 Å². The van der Waals surface area contributed by atoms with Gasteiger partial charge in [0.05, 0.1) is 21.8 Å². The quantitative estimate of drug-likeness (QED) is 0.315. The van der Waals surface area contributed by atoms with Crippen LogP contribution in [0.5, 0.6) is 0 Å². The van der Waals surface area contributed by atoms with E-state index in [2.05, 4.69) is 46.4 Å². The highest BCUT2D eigenvalue weighted by Gasteiger charge is 2.42. The van der Waals surface area contributed by atoms with Crippen molar-refractivity contribution in [3.05, 3.63) is 106 Å². The van der Waals surface area contributed by atoms with Crippen molar-refractivity contribution >= 4 is 46.2 Å². The summed E-state index contributed by atoms with van der Waals surface area (Å²) in [6.07, 6.45) is 1.78. The maximum absolute atomic E-state index is 6.44. The molecule has 2 aromatic heterocycles. The lowest BCUT2D eigenvalue weighted by atomic mass is 10.0. The van der Waals surface area contributed by atoms with Crippen LogP contribution in [0.2, 0.25) is 10.0 Å². The second-order valence-corrected chi connectivity index (χ2v) is 8.81. The molecule has 0 amide bonds. The van der Waals surface area contributed by atoms with Gasteiger partial charge < -0.3 is 14.6 Å². The summed E-state index contributed by atoms with van der Waals surface area (Å²) < 4.78 is 6.35. The molecule has 3 heterocycles. The predicted octanol–water partition coefficient (Wildman–Crippen LogP) is 7.13. The SMILES string of the molecule is Cc1ccc(N2C(=S)N[C@H](c3ccccn3)[C@H]2c2ccc(-c3cccc(Cl)c3Cl)o2)cc1. The molecule has 0 radical (unpaired) electrons. The first-order chi connectivity index (χ1) is 15.5. The fraction of sp³-hybridized carbons (Fsp3) is 0.120. The van der Waals surface area contributed by atoms with Crippen molar-refractivity contribution in [1.82, 2.24) is 10.3 Å². The minimum Gasteiger partial charge on any atom is -0.459 e. The van der Waals surface area contributed by atoms with Crippen LogP contribution < -0.4 is 10.2 Å². The van der Waals surface area contributed by atoms with Crippen LogP contribution >= 0.6 is 35.4 Å². The predicted molar refractivity (Wildman–Crippen MR) is 133 cm³/mol. The number of pyridine rings is 1. The molecular formula is C25H19Cl2N3OS. The average Bonchev–Trinajstić information content (AvgIpc) is 3.41. The van der Waals surface area contributed by atoms with Gasteiger partial charge >= 0.3 is 0 Å². The van der Waals surface area contributed by atoms with Crippen LogP contribution in [0.3, 0.4) is 0 Å². The molecule has 0 bridgehead atoms. The summed E-state index contributed by atoms with van der Waals surface area (Å²) in [7, 11) is 0. The molecule has 1 aliphatic heterocycles. The van der Waals surface area contributed by atoms with Crippen LogP contribution in [0, 0.1) is 6.92 Å². The summed E-state index contributed by atoms with van der Waals surface area (Å²) in [5.41, 5.74) is 3.79. The topological polar surface area (TPSA) is 41.3 Å². The number of benzene rings is 2. The first-order valence-corrected chi connectivity index (χ1v) is 11.3. The second-order valence-electron chi connectivity index (χ2n) is 7.64. The average molecular weight is 480 g/mol. The van der Waals surface area contributed by atoms with Gasteiger partial charge in [-0.3, -0.25) is 4.98 Å². The van der Waals surface area contributed by atoms with Crippen LogP contribution in [0.1, 0.15) is 29.1 Å². The van der Waals surface area contributed by atoms with E-state index in [0.717, 1.165) is 22.7 Å². The summed E-state index contributed by atoms with van der Waals surface area (Å²) in [5, 5.41) is 5.01. The van der Waals surface area contributed by atoms with E-state index >= 15 is 0 Å². The van der Waals surface area contributed by atoms with Crippen molar-refractivity contribution in [1.29, 1.82) is 0 Å². The van der Waals surface area contributed by atoms with E-state index in [4.69, 9.17) is 39.8 Å². The minimum atomic E-state index is -0.230. The van der Waals surface area contributed by atoms with Gasteiger partial charge in [-0.25, -0.2) is 0 Å². The van der Waals surface area contributed by atoms with E-state index in [1.807, 2.05) is 42.5 Å². The van der Waals surface area contributed by atoms with Crippen molar-refractivity contribution in [3.63, 3.8) is 0 Å². The number of aryl methyl sites for hydroxylation is 1. The molecule has 2 aromatic carbocycles. The van der Waals surface area contributed by atoms with Gasteiger partial charge in [0.2, 0.25) is 0 Å². The third-order valence-corrected chi connectivity index (χ3v) is 6.68. The van der Waals surface area contributed by atoms with Crippen LogP contribution in [0.15, 0.2) is 83.4 Å². The van der Waals surface area contributed by atoms with Gasteiger partial charge in [-0.05, 0) is 67.7 Å². The van der Waals surface area contributed by atoms with Crippen molar-refractivity contribution in [2.75, 3.05) is 4.90 Å². The number of nitrogens with one attached hydrogen (secondary N) is 1. The molecule has 32 heavy (non-hydrogen) atoms. The first kappa shape index (κ1) is 21.0. The molecule has 5 rings (SSSR count). The number of hydrogen-bond acceptors (Lipinski definition) is 3. The van der Waals surface area contributed by atoms with E-state index < -0.39 is 0 Å². The molecule has 4 nitrogen and oxygen atoms in total. The summed E-state index contributed by atoms with van der Waals surface area (Å²) in [6, 6.07) is 23.1. The Balaban J connectivity index is 1.61. The van der Waals surface area contributed by atoms with Crippen LogP contribution in [-0.4, -0.2) is 10.1 Å². The third-order valence-electron chi connectivity index (χ3n) is 5.55. The maximum atomic E-state index is 6.44. The molecule has 160 valence electrons. The highest BCUT2D eigenvalue weighted by Crippen LogP contribution is 2.43. The molecule has 0 saturated carbocycles. The van der Waals surface area contributed by atoms with Crippen molar-refractivity contribution in [3.8, 4) is 11.3 Å². The van der Waals surface area contributed by atoms with Crippen molar-refractivity contribution in [2.45, 2.75) is 19.0 Å². The number of hydrogen-bond donors (Lipinski definition) is 1. The lowest BCUT2D eigenvalue weighted by Gasteiger charge is -2.26. The molecule has 2 atom stereocenters. The van der Waals surface area contributed by atoms with Crippen molar-refractivity contribution < 1.29 is 4.42 Å². The largest absolute Gasteiger partial charge is 0.459 e. The van der Waals surface area contributed by atoms with E-state index in [9.17, 15) is 0 Å². The van der Waals surface area contributed by atoms with Gasteiger partial charge in [0, 0.05) is 17.4 Å². The lowest BCUT2D eigenvalue weighted by Crippen LogP contribution is -2.29. The molecule has 1 saturated heterocycles. The Labute approximate surface area is 201 Å². The third kappa shape index (κ3) is 3.77. The summed E-state index contributed by atoms with van der Waals surface area (Å²) in [4.78, 5) is 6.65. The highest BCUT2D eigenvalue weighted by molar-refractivity contribution is 7.80. The van der Waals surface area contributed by atoms with Crippen LogP contribution in [-0.2, 0) is 0 Å². The van der Waals surface area contributed by atoms with Gasteiger partial charge in [0.15, 0.2) is 5.11 Å². The first-order valence-electron chi connectivity index (χ1n) is 10.1. The number of aromatic nitrogens is 1. The molecule has 0 unspecified atom stereocenters. The highest BCUT2D eigenvalue weighted by atomic mass is 35.5.